The number of hydrogen-bond donors (Lipinski definition) is 1. The molecule has 92 valence electrons. The highest BCUT2D eigenvalue weighted by molar-refractivity contribution is 5.67. The molecule has 1 unspecified atom stereocenters. The summed E-state index contributed by atoms with van der Waals surface area (Å²) in [7, 11) is 0. The van der Waals surface area contributed by atoms with E-state index in [1.165, 1.54) is 0 Å². The molecule has 0 fully saturated rings. The molecule has 0 aromatic carbocycles. The summed E-state index contributed by atoms with van der Waals surface area (Å²) in [6.07, 6.45) is 9.11. The molecule has 0 radical (unpaired) electrons. The van der Waals surface area contributed by atoms with Crippen LogP contribution in [-0.2, 0) is 6.42 Å². The van der Waals surface area contributed by atoms with Crippen LogP contribution in [0.15, 0.2) is 35.0 Å². The van der Waals surface area contributed by atoms with Crippen LogP contribution < -0.4 is 0 Å². The van der Waals surface area contributed by atoms with E-state index in [9.17, 15) is 5.11 Å². The van der Waals surface area contributed by atoms with Gasteiger partial charge in [0.2, 0.25) is 0 Å². The normalized spacial score (nSPS) is 15.4. The lowest BCUT2D eigenvalue weighted by atomic mass is 10.0. The third-order valence-corrected chi connectivity index (χ3v) is 3.25. The first kappa shape index (κ1) is 11.2. The molecule has 1 atom stereocenters. The Kier molecular flexibility index (Phi) is 2.76. The zero-order valence-electron chi connectivity index (χ0n) is 10.3. The number of aryl methyl sites for hydroxylation is 1. The zero-order chi connectivity index (χ0) is 12.5. The van der Waals surface area contributed by atoms with E-state index in [1.54, 1.807) is 19.3 Å². The van der Waals surface area contributed by atoms with Crippen LogP contribution in [0.1, 0.15) is 36.3 Å². The number of aliphatic hydroxyl groups is 1. The van der Waals surface area contributed by atoms with Crippen molar-refractivity contribution in [1.82, 2.24) is 4.98 Å². The van der Waals surface area contributed by atoms with Crippen LogP contribution in [0.3, 0.4) is 0 Å². The van der Waals surface area contributed by atoms with Gasteiger partial charge in [0.1, 0.15) is 11.5 Å². The van der Waals surface area contributed by atoms with E-state index in [4.69, 9.17) is 4.42 Å². The Hall–Kier alpha value is -1.87. The molecule has 1 N–H and O–H groups in total. The lowest BCUT2D eigenvalue weighted by molar-refractivity contribution is 0.199. The Labute approximate surface area is 106 Å². The van der Waals surface area contributed by atoms with Gasteiger partial charge in [-0.1, -0.05) is 12.2 Å². The quantitative estimate of drug-likeness (QED) is 0.877. The van der Waals surface area contributed by atoms with Gasteiger partial charge in [0.25, 0.3) is 0 Å². The minimum absolute atomic E-state index is 0.527. The standard InChI is InChI=1S/C15H15NO2/c1-10(17)12-6-7-16-9-13(12)15-8-11-4-2-3-5-14(11)18-15/h2,4,6-10,17H,3,5H2,1H3. The lowest BCUT2D eigenvalue weighted by Gasteiger charge is -2.08. The summed E-state index contributed by atoms with van der Waals surface area (Å²) in [6.45, 7) is 1.75. The molecule has 3 heteroatoms. The van der Waals surface area contributed by atoms with E-state index in [1.807, 2.05) is 12.1 Å². The van der Waals surface area contributed by atoms with E-state index in [2.05, 4.69) is 17.1 Å². The van der Waals surface area contributed by atoms with Crippen LogP contribution >= 0.6 is 0 Å². The van der Waals surface area contributed by atoms with Crippen molar-refractivity contribution >= 4 is 6.08 Å². The molecule has 0 aliphatic heterocycles. The van der Waals surface area contributed by atoms with Crippen molar-refractivity contribution < 1.29 is 9.52 Å². The van der Waals surface area contributed by atoms with Crippen LogP contribution in [0, 0.1) is 0 Å². The highest BCUT2D eigenvalue weighted by Crippen LogP contribution is 2.33. The first-order chi connectivity index (χ1) is 8.75. The fourth-order valence-electron chi connectivity index (χ4n) is 2.31. The lowest BCUT2D eigenvalue weighted by Crippen LogP contribution is -1.95. The Morgan fingerprint density at radius 1 is 1.44 bits per heavy atom. The van der Waals surface area contributed by atoms with Gasteiger partial charge < -0.3 is 9.52 Å². The van der Waals surface area contributed by atoms with Gasteiger partial charge in [0, 0.05) is 29.9 Å². The summed E-state index contributed by atoms with van der Waals surface area (Å²) in [5.41, 5.74) is 2.85. The van der Waals surface area contributed by atoms with Crippen LogP contribution in [0.4, 0.5) is 0 Å². The van der Waals surface area contributed by atoms with Crippen molar-refractivity contribution in [1.29, 1.82) is 0 Å². The van der Waals surface area contributed by atoms with Gasteiger partial charge in [0.05, 0.1) is 6.10 Å². The summed E-state index contributed by atoms with van der Waals surface area (Å²) < 4.78 is 5.88. The largest absolute Gasteiger partial charge is 0.460 e. The Balaban J connectivity index is 2.10. The van der Waals surface area contributed by atoms with Gasteiger partial charge in [-0.2, -0.15) is 0 Å². The molecule has 3 nitrogen and oxygen atoms in total. The predicted molar refractivity (Wildman–Crippen MR) is 69.9 cm³/mol. The molecule has 2 aromatic rings. The van der Waals surface area contributed by atoms with Gasteiger partial charge in [-0.25, -0.2) is 0 Å². The highest BCUT2D eigenvalue weighted by atomic mass is 16.3. The third kappa shape index (κ3) is 1.87. The van der Waals surface area contributed by atoms with Crippen LogP contribution in [0.2, 0.25) is 0 Å². The number of rotatable bonds is 2. The van der Waals surface area contributed by atoms with Crippen molar-refractivity contribution in [3.63, 3.8) is 0 Å². The fourth-order valence-corrected chi connectivity index (χ4v) is 2.31. The van der Waals surface area contributed by atoms with Crippen LogP contribution in [0.25, 0.3) is 17.4 Å². The van der Waals surface area contributed by atoms with Gasteiger partial charge in [-0.05, 0) is 31.0 Å². The first-order valence-corrected chi connectivity index (χ1v) is 6.17. The second kappa shape index (κ2) is 4.42. The van der Waals surface area contributed by atoms with E-state index >= 15 is 0 Å². The fraction of sp³-hybridized carbons (Fsp3) is 0.267. The van der Waals surface area contributed by atoms with Crippen molar-refractivity contribution in [2.45, 2.75) is 25.9 Å². The van der Waals surface area contributed by atoms with Crippen LogP contribution in [0.5, 0.6) is 0 Å². The van der Waals surface area contributed by atoms with E-state index in [0.29, 0.717) is 0 Å². The number of nitrogens with zero attached hydrogens (tertiary/aromatic N) is 1. The predicted octanol–water partition coefficient (Wildman–Crippen LogP) is 3.35. The molecular weight excluding hydrogens is 226 g/mol. The Bertz CT molecular complexity index is 596. The minimum atomic E-state index is -0.527. The van der Waals surface area contributed by atoms with Crippen LogP contribution in [-0.4, -0.2) is 10.1 Å². The van der Waals surface area contributed by atoms with E-state index < -0.39 is 6.10 Å². The molecular formula is C15H15NO2. The molecule has 2 aromatic heterocycles. The maximum atomic E-state index is 9.79. The molecule has 0 saturated carbocycles. The molecule has 1 aliphatic rings. The average Bonchev–Trinajstić information content (AvgIpc) is 2.82. The van der Waals surface area contributed by atoms with Crippen molar-refractivity contribution in [3.8, 4) is 11.3 Å². The van der Waals surface area contributed by atoms with Gasteiger partial charge in [0.15, 0.2) is 0 Å². The molecule has 0 bridgehead atoms. The molecule has 1 aliphatic carbocycles. The van der Waals surface area contributed by atoms with E-state index in [-0.39, 0.29) is 0 Å². The SMILES string of the molecule is CC(O)c1ccncc1-c1cc2c(o1)CCC=C2. The number of furan rings is 1. The molecule has 18 heavy (non-hydrogen) atoms. The average molecular weight is 241 g/mol. The number of allylic oxidation sites excluding steroid dienone is 1. The molecule has 0 amide bonds. The minimum Gasteiger partial charge on any atom is -0.460 e. The summed E-state index contributed by atoms with van der Waals surface area (Å²) in [5.74, 6) is 1.81. The second-order valence-corrected chi connectivity index (χ2v) is 4.57. The Morgan fingerprint density at radius 3 is 3.11 bits per heavy atom. The Morgan fingerprint density at radius 2 is 2.33 bits per heavy atom. The van der Waals surface area contributed by atoms with Gasteiger partial charge >= 0.3 is 0 Å². The highest BCUT2D eigenvalue weighted by Gasteiger charge is 2.16. The van der Waals surface area contributed by atoms with Crippen molar-refractivity contribution in [3.05, 3.63) is 47.5 Å². The number of pyridine rings is 1. The molecule has 3 rings (SSSR count). The van der Waals surface area contributed by atoms with Gasteiger partial charge in [-0.15, -0.1) is 0 Å². The molecule has 0 saturated heterocycles. The first-order valence-electron chi connectivity index (χ1n) is 6.17. The maximum absolute atomic E-state index is 9.79. The summed E-state index contributed by atoms with van der Waals surface area (Å²) >= 11 is 0. The smallest absolute Gasteiger partial charge is 0.136 e. The van der Waals surface area contributed by atoms with Crippen molar-refractivity contribution in [2.75, 3.05) is 0 Å². The van der Waals surface area contributed by atoms with Crippen molar-refractivity contribution in [2.24, 2.45) is 0 Å². The number of hydrogen-bond acceptors (Lipinski definition) is 3. The topological polar surface area (TPSA) is 46.3 Å². The number of fused-ring (bicyclic) bond motifs is 1. The summed E-state index contributed by atoms with van der Waals surface area (Å²) in [5, 5.41) is 9.79. The maximum Gasteiger partial charge on any atom is 0.136 e. The second-order valence-electron chi connectivity index (χ2n) is 4.57. The number of aromatic nitrogens is 1. The van der Waals surface area contributed by atoms with E-state index in [0.717, 1.165) is 41.1 Å². The number of aliphatic hydroxyl groups excluding tert-OH is 1. The zero-order valence-corrected chi connectivity index (χ0v) is 10.3. The summed E-state index contributed by atoms with van der Waals surface area (Å²) in [6, 6.07) is 3.85. The van der Waals surface area contributed by atoms with Gasteiger partial charge in [-0.3, -0.25) is 4.98 Å². The summed E-state index contributed by atoms with van der Waals surface area (Å²) in [4.78, 5) is 4.12. The molecule has 0 spiro atoms. The third-order valence-electron chi connectivity index (χ3n) is 3.25. The molecule has 2 heterocycles. The monoisotopic (exact) mass is 241 g/mol.